The first-order valence-electron chi connectivity index (χ1n) is 7.34. The number of phenols is 1. The van der Waals surface area contributed by atoms with E-state index in [2.05, 4.69) is 24.9 Å². The summed E-state index contributed by atoms with van der Waals surface area (Å²) in [5, 5.41) is 19.2. The van der Waals surface area contributed by atoms with Gasteiger partial charge in [-0.25, -0.2) is 4.79 Å². The Morgan fingerprint density at radius 1 is 1.21 bits per heavy atom. The second kappa shape index (κ2) is 8.54. The highest BCUT2D eigenvalue weighted by Gasteiger charge is 2.38. The average molecular weight is 343 g/mol. The molecule has 0 spiro atoms. The summed E-state index contributed by atoms with van der Waals surface area (Å²) in [5.74, 6) is -2.40. The van der Waals surface area contributed by atoms with Gasteiger partial charge in [-0.05, 0) is 48.5 Å². The molecule has 0 aliphatic rings. The van der Waals surface area contributed by atoms with E-state index in [9.17, 15) is 18.3 Å². The number of hydrogen-bond acceptors (Lipinski definition) is 3. The van der Waals surface area contributed by atoms with E-state index in [1.54, 1.807) is 0 Å². The number of fused-ring (bicyclic) bond motifs is 1. The quantitative estimate of drug-likeness (QED) is 0.889. The summed E-state index contributed by atoms with van der Waals surface area (Å²) in [4.78, 5) is 11.2. The molecule has 0 fully saturated rings. The summed E-state index contributed by atoms with van der Waals surface area (Å²) in [6, 6.07) is 11.9. The summed E-state index contributed by atoms with van der Waals surface area (Å²) in [6.07, 6.45) is -4.11. The van der Waals surface area contributed by atoms with Gasteiger partial charge < -0.3 is 15.1 Å². The van der Waals surface area contributed by atoms with E-state index >= 15 is 0 Å². The third kappa shape index (κ3) is 6.08. The highest BCUT2D eigenvalue weighted by Crippen LogP contribution is 2.25. The van der Waals surface area contributed by atoms with Gasteiger partial charge in [-0.15, -0.1) is 0 Å². The lowest BCUT2D eigenvalue weighted by Crippen LogP contribution is -2.21. The summed E-state index contributed by atoms with van der Waals surface area (Å²) in [6.45, 7) is 4.22. The van der Waals surface area contributed by atoms with E-state index < -0.39 is 12.1 Å². The Bertz CT molecular complexity index is 686. The summed E-state index contributed by atoms with van der Waals surface area (Å²) in [7, 11) is 2.12. The second-order valence-corrected chi connectivity index (χ2v) is 5.27. The number of nitrogens with zero attached hydrogens (tertiary/aromatic N) is 1. The van der Waals surface area contributed by atoms with E-state index in [1.807, 2.05) is 30.3 Å². The Morgan fingerprint density at radius 3 is 2.33 bits per heavy atom. The number of hydrogen-bond donors (Lipinski definition) is 2. The zero-order valence-corrected chi connectivity index (χ0v) is 13.5. The first-order chi connectivity index (χ1) is 11.1. The van der Waals surface area contributed by atoms with Gasteiger partial charge in [-0.1, -0.05) is 31.2 Å². The van der Waals surface area contributed by atoms with Crippen LogP contribution in [0.5, 0.6) is 5.75 Å². The lowest BCUT2D eigenvalue weighted by atomic mass is 10.0. The van der Waals surface area contributed by atoms with Gasteiger partial charge in [0.15, 0.2) is 0 Å². The maximum absolute atomic E-state index is 10.6. The fraction of sp³-hybridized carbons (Fsp3) is 0.353. The smallest absolute Gasteiger partial charge is 0.490 e. The van der Waals surface area contributed by atoms with Crippen molar-refractivity contribution in [2.45, 2.75) is 19.5 Å². The lowest BCUT2D eigenvalue weighted by molar-refractivity contribution is -0.192. The van der Waals surface area contributed by atoms with Gasteiger partial charge in [-0.3, -0.25) is 0 Å². The van der Waals surface area contributed by atoms with E-state index in [4.69, 9.17) is 9.90 Å². The normalized spacial score (nSPS) is 11.2. The monoisotopic (exact) mass is 343 g/mol. The highest BCUT2D eigenvalue weighted by molar-refractivity contribution is 5.87. The van der Waals surface area contributed by atoms with Gasteiger partial charge in [0.1, 0.15) is 5.75 Å². The Hall–Kier alpha value is -2.28. The van der Waals surface area contributed by atoms with Gasteiger partial charge in [0.2, 0.25) is 0 Å². The molecule has 0 heterocycles. The minimum absolute atomic E-state index is 0.359. The topological polar surface area (TPSA) is 60.8 Å². The largest absolute Gasteiger partial charge is 0.508 e. The number of aromatic hydroxyl groups is 1. The summed E-state index contributed by atoms with van der Waals surface area (Å²) >= 11 is 0. The number of rotatable bonds is 4. The van der Waals surface area contributed by atoms with Gasteiger partial charge in [-0.2, -0.15) is 13.2 Å². The number of carbonyl (C=O) groups is 1. The molecule has 2 N–H and O–H groups in total. The van der Waals surface area contributed by atoms with Crippen LogP contribution in [0.3, 0.4) is 0 Å². The SMILES string of the molecule is CCN(C)CCc1cc(O)cc2ccccc12.O=C(O)C(F)(F)F. The van der Waals surface area contributed by atoms with Crippen LogP contribution < -0.4 is 0 Å². The Balaban J connectivity index is 0.000000351. The molecule has 0 bridgehead atoms. The van der Waals surface area contributed by atoms with E-state index in [1.165, 1.54) is 10.9 Å². The number of carboxylic acid groups (broad SMARTS) is 1. The molecule has 0 aliphatic carbocycles. The molecule has 0 radical (unpaired) electrons. The van der Waals surface area contributed by atoms with Crippen molar-refractivity contribution in [2.75, 3.05) is 20.1 Å². The number of aliphatic carboxylic acids is 1. The van der Waals surface area contributed by atoms with Crippen molar-refractivity contribution in [2.24, 2.45) is 0 Å². The molecule has 0 aliphatic heterocycles. The molecule has 132 valence electrons. The molecule has 0 saturated heterocycles. The fourth-order valence-corrected chi connectivity index (χ4v) is 2.05. The number of alkyl halides is 3. The number of halogens is 3. The maximum Gasteiger partial charge on any atom is 0.490 e. The standard InChI is InChI=1S/C15H19NO.C2HF3O2/c1-3-16(2)9-8-13-11-14(17)10-12-6-4-5-7-15(12)13;3-2(4,5)1(6)7/h4-7,10-11,17H,3,8-9H2,1-2H3;(H,6,7). The molecule has 4 nitrogen and oxygen atoms in total. The van der Waals surface area contributed by atoms with Crippen LogP contribution in [0.2, 0.25) is 0 Å². The second-order valence-electron chi connectivity index (χ2n) is 5.27. The molecule has 2 aromatic carbocycles. The summed E-state index contributed by atoms with van der Waals surface area (Å²) in [5.41, 5.74) is 1.22. The van der Waals surface area contributed by atoms with Gasteiger partial charge in [0, 0.05) is 6.54 Å². The first kappa shape index (κ1) is 19.8. The lowest BCUT2D eigenvalue weighted by Gasteiger charge is -2.14. The number of phenolic OH excluding ortho intramolecular Hbond substituents is 1. The summed E-state index contributed by atoms with van der Waals surface area (Å²) < 4.78 is 31.7. The van der Waals surface area contributed by atoms with Crippen LogP contribution in [0.25, 0.3) is 10.8 Å². The van der Waals surface area contributed by atoms with Crippen LogP contribution in [0, 0.1) is 0 Å². The predicted octanol–water partition coefficient (Wildman–Crippen LogP) is 3.67. The molecule has 0 aromatic heterocycles. The van der Waals surface area contributed by atoms with E-state index in [-0.39, 0.29) is 0 Å². The van der Waals surface area contributed by atoms with Crippen LogP contribution in [-0.2, 0) is 11.2 Å². The highest BCUT2D eigenvalue weighted by atomic mass is 19.4. The molecule has 2 rings (SSSR count). The van der Waals surface area contributed by atoms with E-state index in [0.29, 0.717) is 5.75 Å². The predicted molar refractivity (Wildman–Crippen MR) is 86.2 cm³/mol. The van der Waals surface area contributed by atoms with Crippen molar-refractivity contribution in [1.82, 2.24) is 4.90 Å². The number of benzene rings is 2. The van der Waals surface area contributed by atoms with Crippen LogP contribution >= 0.6 is 0 Å². The Morgan fingerprint density at radius 2 is 1.79 bits per heavy atom. The Labute approximate surface area is 138 Å². The number of likely N-dealkylation sites (N-methyl/N-ethyl adjacent to an activating group) is 1. The minimum atomic E-state index is -5.08. The van der Waals surface area contributed by atoms with Crippen molar-refractivity contribution in [3.63, 3.8) is 0 Å². The minimum Gasteiger partial charge on any atom is -0.508 e. The molecule has 0 unspecified atom stereocenters. The van der Waals surface area contributed by atoms with Crippen LogP contribution in [0.4, 0.5) is 13.2 Å². The third-order valence-electron chi connectivity index (χ3n) is 3.48. The zero-order chi connectivity index (χ0) is 18.3. The van der Waals surface area contributed by atoms with E-state index in [0.717, 1.165) is 24.9 Å². The van der Waals surface area contributed by atoms with Crippen molar-refractivity contribution in [1.29, 1.82) is 0 Å². The van der Waals surface area contributed by atoms with Gasteiger partial charge >= 0.3 is 12.1 Å². The maximum atomic E-state index is 10.6. The molecule has 2 aromatic rings. The van der Waals surface area contributed by atoms with Crippen molar-refractivity contribution < 1.29 is 28.2 Å². The van der Waals surface area contributed by atoms with Crippen LogP contribution in [0.1, 0.15) is 12.5 Å². The third-order valence-corrected chi connectivity index (χ3v) is 3.48. The van der Waals surface area contributed by atoms with Crippen LogP contribution in [-0.4, -0.2) is 47.4 Å². The zero-order valence-electron chi connectivity index (χ0n) is 13.5. The molecule has 0 saturated carbocycles. The molecule has 7 heteroatoms. The van der Waals surface area contributed by atoms with Gasteiger partial charge in [0.25, 0.3) is 0 Å². The fourth-order valence-electron chi connectivity index (χ4n) is 2.05. The van der Waals surface area contributed by atoms with Crippen molar-refractivity contribution in [3.8, 4) is 5.75 Å². The van der Waals surface area contributed by atoms with Crippen molar-refractivity contribution >= 4 is 16.7 Å². The Kier molecular flexibility index (Phi) is 7.03. The molecule has 0 amide bonds. The first-order valence-corrected chi connectivity index (χ1v) is 7.34. The van der Waals surface area contributed by atoms with Crippen molar-refractivity contribution in [3.05, 3.63) is 42.0 Å². The molecular formula is C17H20F3NO3. The molecule has 24 heavy (non-hydrogen) atoms. The van der Waals surface area contributed by atoms with Crippen LogP contribution in [0.15, 0.2) is 36.4 Å². The van der Waals surface area contributed by atoms with Gasteiger partial charge in [0.05, 0.1) is 0 Å². The number of carboxylic acids is 1. The molecular weight excluding hydrogens is 323 g/mol. The molecule has 0 atom stereocenters. The average Bonchev–Trinajstić information content (AvgIpc) is 2.51.